The Morgan fingerprint density at radius 3 is 2.89 bits per heavy atom. The molecule has 0 aliphatic heterocycles. The molecule has 0 saturated heterocycles. The number of amides is 1. The van der Waals surface area contributed by atoms with Crippen molar-refractivity contribution in [2.45, 2.75) is 26.9 Å². The van der Waals surface area contributed by atoms with E-state index in [1.165, 1.54) is 0 Å². The summed E-state index contributed by atoms with van der Waals surface area (Å²) in [5.41, 5.74) is 1.96. The van der Waals surface area contributed by atoms with E-state index in [0.717, 1.165) is 12.1 Å². The Balaban J connectivity index is 2.90. The third kappa shape index (κ3) is 3.99. The number of carbonyl (C=O) groups is 1. The zero-order valence-corrected chi connectivity index (χ0v) is 12.5. The first-order valence-corrected chi connectivity index (χ1v) is 6.61. The summed E-state index contributed by atoms with van der Waals surface area (Å²) in [6.45, 7) is 4.02. The quantitative estimate of drug-likeness (QED) is 0.507. The number of benzene rings is 1. The number of carbonyl (C=O) groups excluding carboxylic acids is 1. The highest BCUT2D eigenvalue weighted by Crippen LogP contribution is 2.21. The van der Waals surface area contributed by atoms with Crippen molar-refractivity contribution in [1.29, 1.82) is 0 Å². The van der Waals surface area contributed by atoms with E-state index in [9.17, 15) is 4.79 Å². The Labute approximate surface area is 120 Å². The predicted octanol–water partition coefficient (Wildman–Crippen LogP) is 3.68. The van der Waals surface area contributed by atoms with Crippen molar-refractivity contribution in [3.63, 3.8) is 0 Å². The highest BCUT2D eigenvalue weighted by molar-refractivity contribution is 9.08. The summed E-state index contributed by atoms with van der Waals surface area (Å²) in [4.78, 5) is 16.8. The van der Waals surface area contributed by atoms with Crippen LogP contribution in [0, 0.1) is 0 Å². The lowest BCUT2D eigenvalue weighted by molar-refractivity contribution is 0.0975. The number of nitrogens with zero attached hydrogens (tertiary/aromatic N) is 1. The first-order valence-electron chi connectivity index (χ1n) is 5.44. The molecule has 1 aromatic carbocycles. The Morgan fingerprint density at radius 2 is 2.28 bits per heavy atom. The molecular formula is C12H14BrClN2O2. The first kappa shape index (κ1) is 15.0. The van der Waals surface area contributed by atoms with E-state index in [1.54, 1.807) is 18.2 Å². The minimum Gasteiger partial charge on any atom is -0.391 e. The van der Waals surface area contributed by atoms with Crippen LogP contribution in [0.25, 0.3) is 0 Å². The lowest BCUT2D eigenvalue weighted by atomic mass is 10.1. The van der Waals surface area contributed by atoms with Gasteiger partial charge in [-0.2, -0.15) is 0 Å². The van der Waals surface area contributed by atoms with E-state index in [-0.39, 0.29) is 12.5 Å². The maximum Gasteiger partial charge on any atom is 0.261 e. The molecule has 0 fully saturated rings. The van der Waals surface area contributed by atoms with E-state index < -0.39 is 0 Å². The van der Waals surface area contributed by atoms with Gasteiger partial charge in [-0.05, 0) is 25.5 Å². The molecule has 0 bridgehead atoms. The fourth-order valence-corrected chi connectivity index (χ4v) is 1.68. The van der Waals surface area contributed by atoms with Crippen LogP contribution in [0.5, 0.6) is 0 Å². The molecule has 0 saturated carbocycles. The summed E-state index contributed by atoms with van der Waals surface area (Å²) < 4.78 is 2.38. The molecule has 0 aliphatic carbocycles. The van der Waals surface area contributed by atoms with Gasteiger partial charge >= 0.3 is 0 Å². The molecule has 98 valence electrons. The summed E-state index contributed by atoms with van der Waals surface area (Å²) in [6, 6.07) is 5.10. The predicted molar refractivity (Wildman–Crippen MR) is 76.0 cm³/mol. The highest BCUT2D eigenvalue weighted by atomic mass is 79.9. The highest BCUT2D eigenvalue weighted by Gasteiger charge is 2.13. The van der Waals surface area contributed by atoms with Gasteiger partial charge < -0.3 is 4.84 Å². The lowest BCUT2D eigenvalue weighted by Gasteiger charge is -2.09. The van der Waals surface area contributed by atoms with Gasteiger partial charge in [0, 0.05) is 32.3 Å². The molecule has 1 N–H and O–H groups in total. The van der Waals surface area contributed by atoms with E-state index in [4.69, 9.17) is 16.4 Å². The normalized spacial score (nSPS) is 11.2. The molecule has 0 aliphatic rings. The third-order valence-electron chi connectivity index (χ3n) is 2.39. The van der Waals surface area contributed by atoms with Crippen molar-refractivity contribution in [3.05, 3.63) is 34.3 Å². The molecule has 0 atom stereocenters. The average molecular weight is 334 g/mol. The molecule has 0 aromatic heterocycles. The standard InChI is InChI=1S/C12H14BrClN2O2/c1-3-8(2)16-18-7-10-9(12(17)15-13)5-4-6-11(10)14/h4-6H,3,7H2,1-2H3,(H,15,17). The summed E-state index contributed by atoms with van der Waals surface area (Å²) in [7, 11) is 0. The van der Waals surface area contributed by atoms with Crippen LogP contribution in [-0.4, -0.2) is 11.6 Å². The second-order valence-electron chi connectivity index (χ2n) is 3.64. The molecule has 0 heterocycles. The third-order valence-corrected chi connectivity index (χ3v) is 3.10. The van der Waals surface area contributed by atoms with Gasteiger partial charge in [0.1, 0.15) is 6.61 Å². The zero-order chi connectivity index (χ0) is 13.5. The maximum atomic E-state index is 11.6. The lowest BCUT2D eigenvalue weighted by Crippen LogP contribution is -2.15. The van der Waals surface area contributed by atoms with Crippen LogP contribution in [0.3, 0.4) is 0 Å². The van der Waals surface area contributed by atoms with Crippen molar-refractivity contribution < 1.29 is 9.63 Å². The van der Waals surface area contributed by atoms with Crippen LogP contribution in [0.15, 0.2) is 23.4 Å². The monoisotopic (exact) mass is 332 g/mol. The van der Waals surface area contributed by atoms with Crippen LogP contribution in [0.4, 0.5) is 0 Å². The number of hydrogen-bond donors (Lipinski definition) is 1. The molecule has 6 heteroatoms. The number of halogens is 2. The fourth-order valence-electron chi connectivity index (χ4n) is 1.24. The van der Waals surface area contributed by atoms with Crippen LogP contribution in [0.1, 0.15) is 36.2 Å². The van der Waals surface area contributed by atoms with E-state index in [2.05, 4.69) is 25.6 Å². The first-order chi connectivity index (χ1) is 8.60. The van der Waals surface area contributed by atoms with Gasteiger partial charge in [-0.1, -0.05) is 29.7 Å². The fraction of sp³-hybridized carbons (Fsp3) is 0.333. The van der Waals surface area contributed by atoms with Crippen molar-refractivity contribution in [3.8, 4) is 0 Å². The van der Waals surface area contributed by atoms with Crippen molar-refractivity contribution >= 4 is 39.4 Å². The Morgan fingerprint density at radius 1 is 1.56 bits per heavy atom. The molecule has 18 heavy (non-hydrogen) atoms. The summed E-state index contributed by atoms with van der Waals surface area (Å²) >= 11 is 8.96. The van der Waals surface area contributed by atoms with Gasteiger partial charge in [0.2, 0.25) is 0 Å². The maximum absolute atomic E-state index is 11.6. The van der Waals surface area contributed by atoms with Crippen molar-refractivity contribution in [2.75, 3.05) is 0 Å². The minimum absolute atomic E-state index is 0.159. The topological polar surface area (TPSA) is 50.7 Å². The molecule has 1 rings (SSSR count). The van der Waals surface area contributed by atoms with Crippen molar-refractivity contribution in [1.82, 2.24) is 4.34 Å². The van der Waals surface area contributed by atoms with E-state index >= 15 is 0 Å². The Hall–Kier alpha value is -1.07. The number of hydrogen-bond acceptors (Lipinski definition) is 3. The molecule has 1 amide bonds. The van der Waals surface area contributed by atoms with Gasteiger partial charge in [-0.15, -0.1) is 0 Å². The zero-order valence-electron chi connectivity index (χ0n) is 10.2. The summed E-state index contributed by atoms with van der Waals surface area (Å²) in [5, 5.41) is 4.40. The summed E-state index contributed by atoms with van der Waals surface area (Å²) in [6.07, 6.45) is 0.817. The smallest absolute Gasteiger partial charge is 0.261 e. The SMILES string of the molecule is CCC(C)=NOCc1c(Cl)cccc1C(=O)NBr. The van der Waals surface area contributed by atoms with Crippen LogP contribution >= 0.6 is 27.7 Å². The Kier molecular flexibility index (Phi) is 6.15. The largest absolute Gasteiger partial charge is 0.391 e. The Bertz CT molecular complexity index is 463. The van der Waals surface area contributed by atoms with Crippen LogP contribution < -0.4 is 4.34 Å². The van der Waals surface area contributed by atoms with Gasteiger partial charge in [0.25, 0.3) is 5.91 Å². The van der Waals surface area contributed by atoms with Gasteiger partial charge in [-0.25, -0.2) is 0 Å². The average Bonchev–Trinajstić information content (AvgIpc) is 2.39. The van der Waals surface area contributed by atoms with Gasteiger partial charge in [0.05, 0.1) is 5.71 Å². The number of rotatable bonds is 5. The molecule has 0 radical (unpaired) electrons. The molecule has 0 unspecified atom stereocenters. The second kappa shape index (κ2) is 7.38. The van der Waals surface area contributed by atoms with E-state index in [1.807, 2.05) is 13.8 Å². The summed E-state index contributed by atoms with van der Waals surface area (Å²) in [5.74, 6) is -0.271. The van der Waals surface area contributed by atoms with Crippen LogP contribution in [-0.2, 0) is 11.4 Å². The van der Waals surface area contributed by atoms with Gasteiger partial charge in [-0.3, -0.25) is 9.14 Å². The molecule has 4 nitrogen and oxygen atoms in total. The van der Waals surface area contributed by atoms with Gasteiger partial charge in [0.15, 0.2) is 0 Å². The van der Waals surface area contributed by atoms with E-state index in [0.29, 0.717) is 16.1 Å². The second-order valence-corrected chi connectivity index (χ2v) is 4.45. The number of nitrogens with one attached hydrogen (secondary N) is 1. The van der Waals surface area contributed by atoms with Crippen LogP contribution in [0.2, 0.25) is 5.02 Å². The molecule has 0 spiro atoms. The molecule has 1 aromatic rings. The van der Waals surface area contributed by atoms with Crippen molar-refractivity contribution in [2.24, 2.45) is 5.16 Å². The molecular weight excluding hydrogens is 320 g/mol. The minimum atomic E-state index is -0.271. The number of oxime groups is 1.